The molecule has 5 nitrogen and oxygen atoms in total. The maximum atomic E-state index is 5.52. The van der Waals surface area contributed by atoms with Crippen molar-refractivity contribution in [2.45, 2.75) is 64.3 Å². The summed E-state index contributed by atoms with van der Waals surface area (Å²) in [5, 5.41) is 12.2. The van der Waals surface area contributed by atoms with E-state index in [0.717, 1.165) is 37.7 Å². The third-order valence-electron chi connectivity index (χ3n) is 4.17. The standard InChI is InChI=1S/C13H25N5/c1-2-11-5-7-12(8-6-11)13-15-16-17-18(13)10-4-3-9-14/h11-12H,2-10,14H2,1H3. The van der Waals surface area contributed by atoms with Crippen molar-refractivity contribution in [2.24, 2.45) is 11.7 Å². The molecule has 1 aliphatic rings. The zero-order chi connectivity index (χ0) is 12.8. The second-order valence-electron chi connectivity index (χ2n) is 5.38. The summed E-state index contributed by atoms with van der Waals surface area (Å²) in [7, 11) is 0. The van der Waals surface area contributed by atoms with Crippen molar-refractivity contribution >= 4 is 0 Å². The Hall–Kier alpha value is -0.970. The summed E-state index contributed by atoms with van der Waals surface area (Å²) in [5.41, 5.74) is 5.52. The summed E-state index contributed by atoms with van der Waals surface area (Å²) in [5.74, 6) is 2.59. The minimum Gasteiger partial charge on any atom is -0.330 e. The second-order valence-corrected chi connectivity index (χ2v) is 5.38. The van der Waals surface area contributed by atoms with E-state index in [4.69, 9.17) is 5.73 Å². The first-order valence-electron chi connectivity index (χ1n) is 7.31. The minimum absolute atomic E-state index is 0.570. The topological polar surface area (TPSA) is 69.6 Å². The van der Waals surface area contributed by atoms with E-state index in [1.807, 2.05) is 4.68 Å². The maximum absolute atomic E-state index is 5.52. The first kappa shape index (κ1) is 13.5. The molecule has 2 N–H and O–H groups in total. The van der Waals surface area contributed by atoms with Gasteiger partial charge in [-0.15, -0.1) is 5.10 Å². The summed E-state index contributed by atoms with van der Waals surface area (Å²) in [6.07, 6.45) is 8.58. The number of hydrogen-bond donors (Lipinski definition) is 1. The molecule has 0 atom stereocenters. The van der Waals surface area contributed by atoms with Gasteiger partial charge in [-0.1, -0.05) is 13.3 Å². The molecule has 5 heteroatoms. The van der Waals surface area contributed by atoms with Crippen LogP contribution in [0.4, 0.5) is 0 Å². The lowest BCUT2D eigenvalue weighted by Gasteiger charge is -2.26. The molecule has 1 saturated carbocycles. The lowest BCUT2D eigenvalue weighted by atomic mass is 9.80. The Morgan fingerprint density at radius 2 is 2.00 bits per heavy atom. The SMILES string of the molecule is CCC1CCC(c2nnnn2CCCCN)CC1. The zero-order valence-corrected chi connectivity index (χ0v) is 11.4. The molecule has 18 heavy (non-hydrogen) atoms. The molecule has 102 valence electrons. The number of tetrazole rings is 1. The van der Waals surface area contributed by atoms with Crippen LogP contribution >= 0.6 is 0 Å². The van der Waals surface area contributed by atoms with E-state index in [1.54, 1.807) is 0 Å². The van der Waals surface area contributed by atoms with Crippen molar-refractivity contribution in [3.05, 3.63) is 5.82 Å². The second kappa shape index (κ2) is 6.83. The summed E-state index contributed by atoms with van der Waals surface area (Å²) in [4.78, 5) is 0. The van der Waals surface area contributed by atoms with Gasteiger partial charge in [0.2, 0.25) is 0 Å². The molecule has 0 unspecified atom stereocenters. The van der Waals surface area contributed by atoms with Crippen LogP contribution in [0.25, 0.3) is 0 Å². The summed E-state index contributed by atoms with van der Waals surface area (Å²) in [6, 6.07) is 0. The van der Waals surface area contributed by atoms with Crippen LogP contribution < -0.4 is 5.73 Å². The van der Waals surface area contributed by atoms with Gasteiger partial charge in [-0.05, 0) is 61.4 Å². The van der Waals surface area contributed by atoms with Gasteiger partial charge in [-0.2, -0.15) is 0 Å². The van der Waals surface area contributed by atoms with Crippen LogP contribution in [0, 0.1) is 5.92 Å². The van der Waals surface area contributed by atoms with E-state index in [1.165, 1.54) is 32.1 Å². The van der Waals surface area contributed by atoms with Crippen molar-refractivity contribution in [1.82, 2.24) is 20.2 Å². The van der Waals surface area contributed by atoms with Crippen LogP contribution in [0.5, 0.6) is 0 Å². The molecule has 1 heterocycles. The molecule has 0 aliphatic heterocycles. The van der Waals surface area contributed by atoms with Gasteiger partial charge in [0.25, 0.3) is 0 Å². The fourth-order valence-corrected chi connectivity index (χ4v) is 2.90. The average molecular weight is 251 g/mol. The molecule has 1 fully saturated rings. The number of hydrogen-bond acceptors (Lipinski definition) is 4. The van der Waals surface area contributed by atoms with Gasteiger partial charge >= 0.3 is 0 Å². The van der Waals surface area contributed by atoms with Crippen molar-refractivity contribution < 1.29 is 0 Å². The molecular formula is C13H25N5. The quantitative estimate of drug-likeness (QED) is 0.786. The van der Waals surface area contributed by atoms with Crippen LogP contribution in [-0.4, -0.2) is 26.8 Å². The Morgan fingerprint density at radius 1 is 1.22 bits per heavy atom. The fraction of sp³-hybridized carbons (Fsp3) is 0.923. The van der Waals surface area contributed by atoms with Crippen LogP contribution in [-0.2, 0) is 6.54 Å². The molecule has 0 amide bonds. The lowest BCUT2D eigenvalue weighted by molar-refractivity contribution is 0.304. The Kier molecular flexibility index (Phi) is 5.11. The third-order valence-corrected chi connectivity index (χ3v) is 4.17. The summed E-state index contributed by atoms with van der Waals surface area (Å²) in [6.45, 7) is 3.95. The average Bonchev–Trinajstić information content (AvgIpc) is 2.88. The highest BCUT2D eigenvalue weighted by molar-refractivity contribution is 4.96. The van der Waals surface area contributed by atoms with E-state index in [2.05, 4.69) is 22.4 Å². The van der Waals surface area contributed by atoms with Crippen molar-refractivity contribution in [1.29, 1.82) is 0 Å². The van der Waals surface area contributed by atoms with Gasteiger partial charge in [-0.3, -0.25) is 0 Å². The normalized spacial score (nSPS) is 24.3. The maximum Gasteiger partial charge on any atom is 0.154 e. The van der Waals surface area contributed by atoms with E-state index in [-0.39, 0.29) is 0 Å². The molecule has 0 radical (unpaired) electrons. The highest BCUT2D eigenvalue weighted by Gasteiger charge is 2.25. The monoisotopic (exact) mass is 251 g/mol. The van der Waals surface area contributed by atoms with Crippen LogP contribution in [0.15, 0.2) is 0 Å². The van der Waals surface area contributed by atoms with Crippen molar-refractivity contribution in [3.63, 3.8) is 0 Å². The highest BCUT2D eigenvalue weighted by Crippen LogP contribution is 2.35. The van der Waals surface area contributed by atoms with Gasteiger partial charge in [0.05, 0.1) is 0 Å². The molecule has 1 aliphatic carbocycles. The van der Waals surface area contributed by atoms with Gasteiger partial charge in [0.1, 0.15) is 0 Å². The number of nitrogens with zero attached hydrogens (tertiary/aromatic N) is 4. The predicted molar refractivity (Wildman–Crippen MR) is 71.1 cm³/mol. The van der Waals surface area contributed by atoms with Crippen LogP contribution in [0.3, 0.4) is 0 Å². The third kappa shape index (κ3) is 3.28. The molecule has 1 aromatic heterocycles. The van der Waals surface area contributed by atoms with Crippen molar-refractivity contribution in [3.8, 4) is 0 Å². The van der Waals surface area contributed by atoms with E-state index in [0.29, 0.717) is 5.92 Å². The largest absolute Gasteiger partial charge is 0.330 e. The van der Waals surface area contributed by atoms with Crippen LogP contribution in [0.1, 0.15) is 63.6 Å². The predicted octanol–water partition coefficient (Wildman–Crippen LogP) is 2.10. The van der Waals surface area contributed by atoms with Crippen molar-refractivity contribution in [2.75, 3.05) is 6.54 Å². The minimum atomic E-state index is 0.570. The Labute approximate surface area is 109 Å². The van der Waals surface area contributed by atoms with E-state index >= 15 is 0 Å². The van der Waals surface area contributed by atoms with Gasteiger partial charge < -0.3 is 5.73 Å². The smallest absolute Gasteiger partial charge is 0.154 e. The molecule has 0 saturated heterocycles. The Balaban J connectivity index is 1.90. The Morgan fingerprint density at radius 3 is 2.67 bits per heavy atom. The zero-order valence-electron chi connectivity index (χ0n) is 11.4. The number of aromatic nitrogens is 4. The first-order valence-corrected chi connectivity index (χ1v) is 7.31. The van der Waals surface area contributed by atoms with Gasteiger partial charge in [0.15, 0.2) is 5.82 Å². The number of unbranched alkanes of at least 4 members (excludes halogenated alkanes) is 1. The lowest BCUT2D eigenvalue weighted by Crippen LogP contribution is -2.17. The molecule has 0 spiro atoms. The Bertz CT molecular complexity index is 341. The van der Waals surface area contributed by atoms with Crippen LogP contribution in [0.2, 0.25) is 0 Å². The molecular weight excluding hydrogens is 226 g/mol. The first-order chi connectivity index (χ1) is 8.85. The number of nitrogens with two attached hydrogens (primary N) is 1. The number of rotatable bonds is 6. The molecule has 2 rings (SSSR count). The van der Waals surface area contributed by atoms with E-state index in [9.17, 15) is 0 Å². The molecule has 0 aromatic carbocycles. The number of aryl methyl sites for hydroxylation is 1. The van der Waals surface area contributed by atoms with E-state index < -0.39 is 0 Å². The molecule has 1 aromatic rings. The van der Waals surface area contributed by atoms with Gasteiger partial charge in [-0.25, -0.2) is 4.68 Å². The molecule has 0 bridgehead atoms. The van der Waals surface area contributed by atoms with Gasteiger partial charge in [0, 0.05) is 12.5 Å². The fourth-order valence-electron chi connectivity index (χ4n) is 2.90. The summed E-state index contributed by atoms with van der Waals surface area (Å²) < 4.78 is 1.99. The highest BCUT2D eigenvalue weighted by atomic mass is 15.5. The summed E-state index contributed by atoms with van der Waals surface area (Å²) >= 11 is 0.